The van der Waals surface area contributed by atoms with Crippen LogP contribution in [0, 0.1) is 0 Å². The van der Waals surface area contributed by atoms with Gasteiger partial charge in [-0.25, -0.2) is 29.9 Å². The summed E-state index contributed by atoms with van der Waals surface area (Å²) in [6, 6.07) is 149. The van der Waals surface area contributed by atoms with E-state index < -0.39 is 0 Å². The van der Waals surface area contributed by atoms with E-state index in [0.29, 0.717) is 17.8 Å². The van der Waals surface area contributed by atoms with Gasteiger partial charge in [0.15, 0.2) is 0 Å². The van der Waals surface area contributed by atoms with Gasteiger partial charge in [-0.1, -0.05) is 309 Å². The van der Waals surface area contributed by atoms with Crippen molar-refractivity contribution < 1.29 is 4.42 Å². The number of nitrogens with zero attached hydrogens (tertiary/aromatic N) is 10. The van der Waals surface area contributed by atoms with E-state index in [-0.39, 0.29) is 0 Å². The Kier molecular flexibility index (Phi) is 15.4. The second kappa shape index (κ2) is 28.0. The fourth-order valence-electron chi connectivity index (χ4n) is 21.8. The van der Waals surface area contributed by atoms with Gasteiger partial charge >= 0.3 is 0 Å². The summed E-state index contributed by atoms with van der Waals surface area (Å²) < 4.78 is 18.6. The molecule has 0 aliphatic rings. The average molecular weight is 1700 g/mol. The van der Waals surface area contributed by atoms with Crippen LogP contribution in [0.25, 0.3) is 285 Å². The van der Waals surface area contributed by atoms with Gasteiger partial charge in [-0.2, -0.15) is 0 Å². The third kappa shape index (κ3) is 10.6. The second-order valence-corrected chi connectivity index (χ2v) is 35.7. The van der Waals surface area contributed by atoms with Gasteiger partial charge in [-0.15, -0.1) is 11.3 Å². The zero-order valence-electron chi connectivity index (χ0n) is 70.5. The number of rotatable bonds is 10. The van der Waals surface area contributed by atoms with Crippen LogP contribution in [0.3, 0.4) is 0 Å². The van der Waals surface area contributed by atoms with Gasteiger partial charge < -0.3 is 8.98 Å². The molecule has 0 aliphatic heterocycles. The summed E-state index contributed by atoms with van der Waals surface area (Å²) in [5.74, 6) is 1.77. The lowest BCUT2D eigenvalue weighted by Crippen LogP contribution is -2.04. The fraction of sp³-hybridized carbons (Fsp3) is 0. The Bertz CT molecular complexity index is 10100. The maximum Gasteiger partial charge on any atom is 0.235 e. The fourth-order valence-corrected chi connectivity index (χ4v) is 23.0. The minimum absolute atomic E-state index is 0.584. The maximum atomic E-state index is 6.94. The molecule has 29 rings (SSSR count). The van der Waals surface area contributed by atoms with Crippen molar-refractivity contribution in [3.8, 4) is 90.7 Å². The Morgan fingerprint density at radius 3 is 1.30 bits per heavy atom. The summed E-state index contributed by atoms with van der Waals surface area (Å²) in [6.07, 6.45) is 0. The number of hydrogen-bond donors (Lipinski definition) is 0. The molecule has 0 fully saturated rings. The molecule has 9 heterocycles. The molecule has 0 saturated heterocycles. The van der Waals surface area contributed by atoms with Gasteiger partial charge in [-0.05, 0) is 153 Å². The highest BCUT2D eigenvalue weighted by atomic mass is 32.1. The van der Waals surface area contributed by atoms with E-state index in [9.17, 15) is 0 Å². The molecule has 9 aromatic heterocycles. The second-order valence-electron chi connectivity index (χ2n) is 34.6. The Morgan fingerprint density at radius 2 is 0.644 bits per heavy atom. The van der Waals surface area contributed by atoms with Crippen molar-refractivity contribution in [3.63, 3.8) is 0 Å². The predicted molar refractivity (Wildman–Crippen MR) is 548 cm³/mol. The molecule has 0 aliphatic carbocycles. The first-order chi connectivity index (χ1) is 65.5. The van der Waals surface area contributed by atoms with Crippen molar-refractivity contribution in [2.45, 2.75) is 0 Å². The third-order valence-electron chi connectivity index (χ3n) is 27.6. The zero-order chi connectivity index (χ0) is 86.1. The lowest BCUT2D eigenvalue weighted by atomic mass is 9.94. The van der Waals surface area contributed by atoms with Crippen LogP contribution in [0.15, 0.2) is 417 Å². The Labute approximate surface area is 756 Å². The smallest absolute Gasteiger partial charge is 0.235 e. The van der Waals surface area contributed by atoms with Crippen molar-refractivity contribution in [3.05, 3.63) is 413 Å². The van der Waals surface area contributed by atoms with Crippen molar-refractivity contribution in [1.29, 1.82) is 0 Å². The first kappa shape index (κ1) is 72.6. The number of furan rings is 1. The van der Waals surface area contributed by atoms with Gasteiger partial charge in [-0.3, -0.25) is 13.7 Å². The van der Waals surface area contributed by atoms with E-state index in [1.54, 1.807) is 0 Å². The molecule has 0 atom stereocenters. The SMILES string of the molecule is c1ccc(-c2nc(-n3c4ccc(-c5ccc6c(c5)c5ccccc5n6-c5ccccc5)cc4c4cc(-c5cccc6c5ccc5c(-c7ccccc7)nc(-n7c8ccccc8c8c9ccccc9c9c%10cc(-c%11ccc%12c%13c%14c%15ccccc%15oc%14c%14ccccc%14c%13n(-c%13nc(-c%14ccccc%14)c%14ccccc%14n%13)c%12c%11)ccc%10sc9c87)nc56)ccc43)nc3ccccc23)cc1. The van der Waals surface area contributed by atoms with Crippen molar-refractivity contribution >= 4 is 206 Å². The van der Waals surface area contributed by atoms with Crippen molar-refractivity contribution in [2.24, 2.45) is 0 Å². The summed E-state index contributed by atoms with van der Waals surface area (Å²) in [5.41, 5.74) is 26.0. The standard InChI is InChI=1S/C120H68N10OS/c1-5-28-69(29-6-1)110-86-41-17-22-47-96(86)121-118(123-110)128-101-61-54-73(72-53-60-100-92(64-72)80-36-19-24-49-98(80)127(100)77-34-11-4-12-35-77)65-93(101)94-67-76(55-62-102(94)128)78-45-27-46-83-79(78)58-59-91-112(71-32-9-3-10-33-71)125-120(126-113(83)91)129-99-50-25-20-43-88(99)106-81-37-13-14-38-82(81)107-95-66-74(56-63-105(95)132-117(107)115(106)129)75-52-57-89-103(68-75)130(119-122-97-48-23-18-42-87(97)111(124-119)70-30-7-2-8-31-70)114-84-39-15-16-40-85(84)116-109(108(89)114)90-44-21-26-51-104(90)131-116/h1-68H. The van der Waals surface area contributed by atoms with Crippen molar-refractivity contribution in [2.75, 3.05) is 0 Å². The van der Waals surface area contributed by atoms with Crippen LogP contribution in [-0.4, -0.2) is 48.2 Å². The third-order valence-corrected chi connectivity index (χ3v) is 28.7. The molecule has 11 nitrogen and oxygen atoms in total. The van der Waals surface area contributed by atoms with E-state index in [0.717, 1.165) is 235 Å². The van der Waals surface area contributed by atoms with E-state index in [4.69, 9.17) is 34.3 Å². The molecule has 29 aromatic rings. The molecule has 20 aromatic carbocycles. The largest absolute Gasteiger partial charge is 0.455 e. The molecule has 0 spiro atoms. The average Bonchev–Trinajstić information content (AvgIpc) is 1.64. The van der Waals surface area contributed by atoms with Gasteiger partial charge in [0.25, 0.3) is 0 Å². The normalized spacial score (nSPS) is 12.2. The van der Waals surface area contributed by atoms with E-state index in [1.165, 1.54) is 31.8 Å². The van der Waals surface area contributed by atoms with Crippen LogP contribution in [0.1, 0.15) is 0 Å². The van der Waals surface area contributed by atoms with E-state index in [2.05, 4.69) is 431 Å². The van der Waals surface area contributed by atoms with Crippen LogP contribution in [0.5, 0.6) is 0 Å². The predicted octanol–water partition coefficient (Wildman–Crippen LogP) is 31.6. The Hall–Kier alpha value is -17.6. The molecule has 0 unspecified atom stereocenters. The summed E-state index contributed by atoms with van der Waals surface area (Å²) >= 11 is 1.84. The Morgan fingerprint density at radius 1 is 0.212 bits per heavy atom. The lowest BCUT2D eigenvalue weighted by Gasteiger charge is -2.15. The van der Waals surface area contributed by atoms with E-state index in [1.807, 2.05) is 11.3 Å². The van der Waals surface area contributed by atoms with Crippen LogP contribution < -0.4 is 0 Å². The highest BCUT2D eigenvalue weighted by Gasteiger charge is 2.30. The van der Waals surface area contributed by atoms with Crippen LogP contribution in [0.2, 0.25) is 0 Å². The minimum atomic E-state index is 0.584. The molecule has 0 saturated carbocycles. The number of aromatic nitrogens is 10. The number of hydrogen-bond acceptors (Lipinski definition) is 8. The number of para-hydroxylation sites is 6. The maximum absolute atomic E-state index is 6.94. The van der Waals surface area contributed by atoms with Crippen LogP contribution in [0.4, 0.5) is 0 Å². The molecule has 610 valence electrons. The first-order valence-electron chi connectivity index (χ1n) is 44.7. The Balaban J connectivity index is 0.630. The molecule has 132 heavy (non-hydrogen) atoms. The highest BCUT2D eigenvalue weighted by Crippen LogP contribution is 2.53. The number of thiophene rings is 1. The van der Waals surface area contributed by atoms with E-state index >= 15 is 0 Å². The molecule has 0 bridgehead atoms. The zero-order valence-corrected chi connectivity index (χ0v) is 71.4. The van der Waals surface area contributed by atoms with Crippen LogP contribution in [-0.2, 0) is 0 Å². The quantitative estimate of drug-likeness (QED) is 0.125. The highest BCUT2D eigenvalue weighted by molar-refractivity contribution is 7.27. The molecular weight excluding hydrogens is 1630 g/mol. The first-order valence-corrected chi connectivity index (χ1v) is 45.5. The molecular formula is C120H68N10OS. The molecule has 0 amide bonds. The lowest BCUT2D eigenvalue weighted by molar-refractivity contribution is 0.673. The van der Waals surface area contributed by atoms with Gasteiger partial charge in [0.05, 0.1) is 82.5 Å². The van der Waals surface area contributed by atoms with Crippen molar-refractivity contribution in [1.82, 2.24) is 48.2 Å². The minimum Gasteiger partial charge on any atom is -0.455 e. The summed E-state index contributed by atoms with van der Waals surface area (Å²) in [7, 11) is 0. The summed E-state index contributed by atoms with van der Waals surface area (Å²) in [4.78, 5) is 34.1. The molecule has 12 heteroatoms. The molecule has 0 N–H and O–H groups in total. The summed E-state index contributed by atoms with van der Waals surface area (Å²) in [6.45, 7) is 0. The van der Waals surface area contributed by atoms with Gasteiger partial charge in [0.2, 0.25) is 17.8 Å². The van der Waals surface area contributed by atoms with Gasteiger partial charge in [0, 0.05) is 124 Å². The number of benzene rings is 20. The topological polar surface area (TPSA) is 110 Å². The number of fused-ring (bicyclic) bond motifs is 31. The van der Waals surface area contributed by atoms with Gasteiger partial charge in [0.1, 0.15) is 11.2 Å². The monoisotopic (exact) mass is 1700 g/mol. The van der Waals surface area contributed by atoms with Crippen LogP contribution >= 0.6 is 11.3 Å². The molecule has 0 radical (unpaired) electrons. The summed E-state index contributed by atoms with van der Waals surface area (Å²) in [5, 5.41) is 22.9.